The lowest BCUT2D eigenvalue weighted by atomic mass is 9.84. The number of hydrogen-bond donors (Lipinski definition) is 0. The first-order valence-corrected chi connectivity index (χ1v) is 7.49. The van der Waals surface area contributed by atoms with E-state index in [1.165, 1.54) is 25.3 Å². The van der Waals surface area contributed by atoms with E-state index in [1.807, 2.05) is 0 Å². The second-order valence-electron chi connectivity index (χ2n) is 5.59. The van der Waals surface area contributed by atoms with Crippen LogP contribution in [0.2, 0.25) is 0 Å². The summed E-state index contributed by atoms with van der Waals surface area (Å²) in [5, 5.41) is 11.3. The minimum atomic E-state index is -0.634. The molecule has 0 N–H and O–H groups in total. The van der Waals surface area contributed by atoms with Crippen molar-refractivity contribution in [1.82, 2.24) is 0 Å². The van der Waals surface area contributed by atoms with Crippen LogP contribution in [0, 0.1) is 28.4 Å². The normalized spacial score (nSPS) is 15.0. The van der Waals surface area contributed by atoms with Gasteiger partial charge < -0.3 is 4.74 Å². The van der Waals surface area contributed by atoms with Crippen LogP contribution in [-0.2, 0) is 11.2 Å². The Kier molecular flexibility index (Phi) is 5.54. The number of hydrogen-bond acceptors (Lipinski definition) is 4. The molecule has 1 aliphatic rings. The van der Waals surface area contributed by atoms with E-state index in [0.717, 1.165) is 12.8 Å². The fourth-order valence-electron chi connectivity index (χ4n) is 2.93. The summed E-state index contributed by atoms with van der Waals surface area (Å²) >= 11 is 0. The van der Waals surface area contributed by atoms with E-state index < -0.39 is 10.9 Å². The molecule has 0 radical (unpaired) electrons. The number of ether oxygens (including phenoxy) is 1. The van der Waals surface area contributed by atoms with E-state index in [4.69, 9.17) is 11.2 Å². The molecule has 0 saturated heterocycles. The van der Waals surface area contributed by atoms with Crippen LogP contribution in [0.25, 0.3) is 0 Å². The molecule has 0 unspecified atom stereocenters. The van der Waals surface area contributed by atoms with Gasteiger partial charge in [0.15, 0.2) is 6.61 Å². The molecule has 1 aromatic rings. The van der Waals surface area contributed by atoms with Crippen LogP contribution >= 0.6 is 0 Å². The highest BCUT2D eigenvalue weighted by molar-refractivity contribution is 5.90. The Morgan fingerprint density at radius 1 is 1.36 bits per heavy atom. The zero-order chi connectivity index (χ0) is 15.9. The zero-order valence-electron chi connectivity index (χ0n) is 12.4. The average molecular weight is 301 g/mol. The molecule has 0 spiro atoms. The molecule has 2 rings (SSSR count). The molecule has 0 aliphatic heterocycles. The molecule has 1 aromatic carbocycles. The predicted molar refractivity (Wildman–Crippen MR) is 82.5 cm³/mol. The third-order valence-electron chi connectivity index (χ3n) is 4.04. The number of rotatable bonds is 5. The first-order chi connectivity index (χ1) is 10.6. The molecule has 0 aromatic heterocycles. The van der Waals surface area contributed by atoms with Gasteiger partial charge in [0.25, 0.3) is 5.69 Å². The van der Waals surface area contributed by atoms with Crippen molar-refractivity contribution in [1.29, 1.82) is 0 Å². The Balaban J connectivity index is 2.18. The van der Waals surface area contributed by atoms with Gasteiger partial charge >= 0.3 is 5.97 Å². The summed E-state index contributed by atoms with van der Waals surface area (Å²) in [6.07, 6.45) is 11.6. The van der Waals surface area contributed by atoms with Crippen LogP contribution < -0.4 is 0 Å². The summed E-state index contributed by atoms with van der Waals surface area (Å²) in [6.45, 7) is -0.142. The van der Waals surface area contributed by atoms with Gasteiger partial charge in [0.1, 0.15) is 0 Å². The maximum Gasteiger partial charge on any atom is 0.339 e. The van der Waals surface area contributed by atoms with Crippen molar-refractivity contribution < 1.29 is 14.5 Å². The van der Waals surface area contributed by atoms with Crippen molar-refractivity contribution in [2.24, 2.45) is 5.92 Å². The minimum Gasteiger partial charge on any atom is -0.449 e. The SMILES string of the molecule is C#CCOC(=O)c1ccc(CC2CCCCC2)c([N+](=O)[O-])c1. The van der Waals surface area contributed by atoms with E-state index in [0.29, 0.717) is 17.9 Å². The summed E-state index contributed by atoms with van der Waals surface area (Å²) in [5.74, 6) is 2.05. The smallest absolute Gasteiger partial charge is 0.339 e. The van der Waals surface area contributed by atoms with Crippen LogP contribution in [0.5, 0.6) is 0 Å². The van der Waals surface area contributed by atoms with Crippen LogP contribution in [0.1, 0.15) is 48.0 Å². The number of nitrogens with zero attached hydrogens (tertiary/aromatic N) is 1. The first-order valence-electron chi connectivity index (χ1n) is 7.49. The Hall–Kier alpha value is -2.35. The van der Waals surface area contributed by atoms with Crippen molar-refractivity contribution in [3.63, 3.8) is 0 Å². The maximum atomic E-state index is 11.7. The van der Waals surface area contributed by atoms with Gasteiger partial charge in [0.2, 0.25) is 0 Å². The summed E-state index contributed by atoms with van der Waals surface area (Å²) < 4.78 is 4.80. The standard InChI is InChI=1S/C17H19NO4/c1-2-10-22-17(19)15-9-8-14(16(12-15)18(20)21)11-13-6-4-3-5-7-13/h1,8-9,12-13H,3-7,10-11H2. The molecule has 0 atom stereocenters. The van der Waals surface area contributed by atoms with E-state index in [1.54, 1.807) is 12.1 Å². The second-order valence-corrected chi connectivity index (χ2v) is 5.59. The molecule has 116 valence electrons. The van der Waals surface area contributed by atoms with Crippen molar-refractivity contribution in [3.8, 4) is 12.3 Å². The monoisotopic (exact) mass is 301 g/mol. The minimum absolute atomic E-state index is 0.0132. The average Bonchev–Trinajstić information content (AvgIpc) is 2.53. The summed E-state index contributed by atoms with van der Waals surface area (Å²) in [4.78, 5) is 22.6. The molecule has 0 heterocycles. The summed E-state index contributed by atoms with van der Waals surface area (Å²) in [5.41, 5.74) is 0.834. The van der Waals surface area contributed by atoms with Gasteiger partial charge in [-0.2, -0.15) is 0 Å². The van der Waals surface area contributed by atoms with Crippen LogP contribution in [-0.4, -0.2) is 17.5 Å². The van der Waals surface area contributed by atoms with E-state index in [-0.39, 0.29) is 17.9 Å². The quantitative estimate of drug-likeness (QED) is 0.361. The lowest BCUT2D eigenvalue weighted by Crippen LogP contribution is -2.11. The fourth-order valence-corrected chi connectivity index (χ4v) is 2.93. The fraction of sp³-hybridized carbons (Fsp3) is 0.471. The largest absolute Gasteiger partial charge is 0.449 e. The number of nitro groups is 1. The molecule has 1 aliphatic carbocycles. The van der Waals surface area contributed by atoms with Crippen LogP contribution in [0.4, 0.5) is 5.69 Å². The van der Waals surface area contributed by atoms with Gasteiger partial charge in [0.05, 0.1) is 10.5 Å². The van der Waals surface area contributed by atoms with Crippen LogP contribution in [0.3, 0.4) is 0 Å². The highest BCUT2D eigenvalue weighted by Gasteiger charge is 2.22. The summed E-state index contributed by atoms with van der Waals surface area (Å²) in [6, 6.07) is 4.53. The van der Waals surface area contributed by atoms with Gasteiger partial charge in [-0.1, -0.05) is 44.1 Å². The van der Waals surface area contributed by atoms with Crippen molar-refractivity contribution in [3.05, 3.63) is 39.4 Å². The number of benzene rings is 1. The maximum absolute atomic E-state index is 11.7. The number of carbonyl (C=O) groups is 1. The number of terminal acetylenes is 1. The van der Waals surface area contributed by atoms with E-state index in [2.05, 4.69) is 5.92 Å². The van der Waals surface area contributed by atoms with E-state index >= 15 is 0 Å². The van der Waals surface area contributed by atoms with Crippen LogP contribution in [0.15, 0.2) is 18.2 Å². The Morgan fingerprint density at radius 3 is 2.73 bits per heavy atom. The number of nitro benzene ring substituents is 1. The molecule has 0 amide bonds. The van der Waals surface area contributed by atoms with Crippen molar-refractivity contribution in [2.45, 2.75) is 38.5 Å². The molecule has 22 heavy (non-hydrogen) atoms. The van der Waals surface area contributed by atoms with Gasteiger partial charge in [-0.25, -0.2) is 4.79 Å². The van der Waals surface area contributed by atoms with Gasteiger partial charge in [-0.15, -0.1) is 6.42 Å². The van der Waals surface area contributed by atoms with E-state index in [9.17, 15) is 14.9 Å². The number of esters is 1. The summed E-state index contributed by atoms with van der Waals surface area (Å²) in [7, 11) is 0. The third-order valence-corrected chi connectivity index (χ3v) is 4.04. The van der Waals surface area contributed by atoms with Gasteiger partial charge in [-0.3, -0.25) is 10.1 Å². The number of carbonyl (C=O) groups excluding carboxylic acids is 1. The molecule has 5 nitrogen and oxygen atoms in total. The first kappa shape index (κ1) is 16.0. The third kappa shape index (κ3) is 4.08. The second kappa shape index (κ2) is 7.60. The van der Waals surface area contributed by atoms with Crippen molar-refractivity contribution in [2.75, 3.05) is 6.61 Å². The Labute approximate surface area is 129 Å². The zero-order valence-corrected chi connectivity index (χ0v) is 12.4. The highest BCUT2D eigenvalue weighted by Crippen LogP contribution is 2.30. The van der Waals surface area contributed by atoms with Gasteiger partial charge in [0, 0.05) is 11.6 Å². The molecular formula is C17H19NO4. The van der Waals surface area contributed by atoms with Crippen molar-refractivity contribution >= 4 is 11.7 Å². The Morgan fingerprint density at radius 2 is 2.09 bits per heavy atom. The highest BCUT2D eigenvalue weighted by atomic mass is 16.6. The topological polar surface area (TPSA) is 69.4 Å². The molecular weight excluding hydrogens is 282 g/mol. The molecule has 1 saturated carbocycles. The molecule has 1 fully saturated rings. The lowest BCUT2D eigenvalue weighted by molar-refractivity contribution is -0.385. The molecule has 0 bridgehead atoms. The Bertz CT molecular complexity index is 597. The molecule has 5 heteroatoms. The lowest BCUT2D eigenvalue weighted by Gasteiger charge is -2.21. The van der Waals surface area contributed by atoms with Gasteiger partial charge in [-0.05, 0) is 18.4 Å². The predicted octanol–water partition coefficient (Wildman–Crippen LogP) is 3.51.